The zero-order chi connectivity index (χ0) is 11.8. The lowest BCUT2D eigenvalue weighted by molar-refractivity contribution is -0.130. The summed E-state index contributed by atoms with van der Waals surface area (Å²) in [6.45, 7) is 6.49. The maximum absolute atomic E-state index is 11.7. The fourth-order valence-corrected chi connectivity index (χ4v) is 2.08. The summed E-state index contributed by atoms with van der Waals surface area (Å²) in [6.07, 6.45) is 8.75. The first-order chi connectivity index (χ1) is 7.77. The van der Waals surface area contributed by atoms with E-state index >= 15 is 0 Å². The van der Waals surface area contributed by atoms with Gasteiger partial charge in [-0.25, -0.2) is 0 Å². The molecule has 0 saturated carbocycles. The van der Waals surface area contributed by atoms with Crippen LogP contribution in [0.3, 0.4) is 0 Å². The van der Waals surface area contributed by atoms with Gasteiger partial charge in [0, 0.05) is 32.1 Å². The lowest BCUT2D eigenvalue weighted by Gasteiger charge is -2.21. The fraction of sp³-hybridized carbons (Fsp3) is 0.769. The first-order valence-electron chi connectivity index (χ1n) is 6.45. The van der Waals surface area contributed by atoms with Crippen molar-refractivity contribution in [2.24, 2.45) is 0 Å². The molecule has 1 amide bonds. The van der Waals surface area contributed by atoms with Crippen molar-refractivity contribution >= 4 is 5.91 Å². The second-order valence-corrected chi connectivity index (χ2v) is 4.24. The highest BCUT2D eigenvalue weighted by molar-refractivity contribution is 5.76. The van der Waals surface area contributed by atoms with Crippen LogP contribution in [0.1, 0.15) is 39.5 Å². The molecule has 1 N–H and O–H groups in total. The largest absolute Gasteiger partial charge is 0.343 e. The van der Waals surface area contributed by atoms with E-state index in [-0.39, 0.29) is 5.91 Å². The van der Waals surface area contributed by atoms with Crippen LogP contribution in [0.15, 0.2) is 12.2 Å². The minimum atomic E-state index is 0.261. The lowest BCUT2D eigenvalue weighted by atomic mass is 10.0. The molecule has 1 unspecified atom stereocenters. The number of carbonyl (C=O) groups excluding carboxylic acids is 1. The van der Waals surface area contributed by atoms with Gasteiger partial charge in [0.15, 0.2) is 0 Å². The van der Waals surface area contributed by atoms with Crippen molar-refractivity contribution in [2.75, 3.05) is 19.6 Å². The molecule has 0 aromatic heterocycles. The smallest absolute Gasteiger partial charge is 0.223 e. The van der Waals surface area contributed by atoms with Crippen molar-refractivity contribution in [2.45, 2.75) is 45.6 Å². The molecule has 0 radical (unpaired) electrons. The second kappa shape index (κ2) is 7.44. The van der Waals surface area contributed by atoms with Gasteiger partial charge in [0.25, 0.3) is 0 Å². The Labute approximate surface area is 98.9 Å². The van der Waals surface area contributed by atoms with Crippen LogP contribution in [0.4, 0.5) is 0 Å². The number of carbonyl (C=O) groups is 1. The summed E-state index contributed by atoms with van der Waals surface area (Å²) < 4.78 is 0. The van der Waals surface area contributed by atoms with Gasteiger partial charge in [0.2, 0.25) is 5.91 Å². The average Bonchev–Trinajstić information content (AvgIpc) is 2.32. The summed E-state index contributed by atoms with van der Waals surface area (Å²) in [4.78, 5) is 13.6. The predicted molar refractivity (Wildman–Crippen MR) is 67.3 cm³/mol. The van der Waals surface area contributed by atoms with Gasteiger partial charge in [-0.1, -0.05) is 12.2 Å². The Kier molecular flexibility index (Phi) is 6.16. The average molecular weight is 224 g/mol. The van der Waals surface area contributed by atoms with E-state index in [1.54, 1.807) is 0 Å². The summed E-state index contributed by atoms with van der Waals surface area (Å²) >= 11 is 0. The van der Waals surface area contributed by atoms with Gasteiger partial charge in [0.1, 0.15) is 0 Å². The lowest BCUT2D eigenvalue weighted by Crippen LogP contribution is -2.35. The Morgan fingerprint density at radius 2 is 2.19 bits per heavy atom. The highest BCUT2D eigenvalue weighted by atomic mass is 16.2. The third-order valence-corrected chi connectivity index (χ3v) is 3.12. The minimum Gasteiger partial charge on any atom is -0.343 e. The number of allylic oxidation sites excluding steroid dienone is 1. The fourth-order valence-electron chi connectivity index (χ4n) is 2.08. The van der Waals surface area contributed by atoms with Gasteiger partial charge in [0.05, 0.1) is 0 Å². The van der Waals surface area contributed by atoms with Crippen LogP contribution in [0, 0.1) is 0 Å². The summed E-state index contributed by atoms with van der Waals surface area (Å²) in [5.74, 6) is 0.261. The molecule has 1 atom stereocenters. The number of hydrogen-bond acceptors (Lipinski definition) is 2. The number of amides is 1. The van der Waals surface area contributed by atoms with E-state index in [0.717, 1.165) is 19.6 Å². The third-order valence-electron chi connectivity index (χ3n) is 3.12. The van der Waals surface area contributed by atoms with Crippen molar-refractivity contribution in [3.8, 4) is 0 Å². The van der Waals surface area contributed by atoms with Gasteiger partial charge in [-0.15, -0.1) is 0 Å². The highest BCUT2D eigenvalue weighted by Gasteiger charge is 2.11. The molecule has 0 aliphatic heterocycles. The number of nitrogens with zero attached hydrogens (tertiary/aromatic N) is 1. The maximum atomic E-state index is 11.7. The van der Waals surface area contributed by atoms with Crippen LogP contribution < -0.4 is 5.32 Å². The maximum Gasteiger partial charge on any atom is 0.223 e. The standard InChI is InChI=1S/C13H24N2O/c1-3-15(4-2)13(16)10-11-14-12-8-6-5-7-9-12/h6,8,12,14H,3-5,7,9-11H2,1-2H3. The molecule has 3 nitrogen and oxygen atoms in total. The number of nitrogens with one attached hydrogen (secondary N) is 1. The van der Waals surface area contributed by atoms with Gasteiger partial charge < -0.3 is 10.2 Å². The molecule has 0 fully saturated rings. The van der Waals surface area contributed by atoms with E-state index in [1.807, 2.05) is 18.7 Å². The zero-order valence-corrected chi connectivity index (χ0v) is 10.5. The highest BCUT2D eigenvalue weighted by Crippen LogP contribution is 2.09. The van der Waals surface area contributed by atoms with E-state index in [2.05, 4.69) is 17.5 Å². The van der Waals surface area contributed by atoms with Crippen LogP contribution in [0.5, 0.6) is 0 Å². The van der Waals surface area contributed by atoms with E-state index < -0.39 is 0 Å². The van der Waals surface area contributed by atoms with E-state index in [4.69, 9.17) is 0 Å². The van der Waals surface area contributed by atoms with Crippen molar-refractivity contribution < 1.29 is 4.79 Å². The van der Waals surface area contributed by atoms with Crippen LogP contribution in [0.25, 0.3) is 0 Å². The van der Waals surface area contributed by atoms with Crippen LogP contribution in [-0.4, -0.2) is 36.5 Å². The molecular formula is C13H24N2O. The SMILES string of the molecule is CCN(CC)C(=O)CCNC1C=CCCC1. The quantitative estimate of drug-likeness (QED) is 0.699. The summed E-state index contributed by atoms with van der Waals surface area (Å²) in [5, 5.41) is 3.42. The Balaban J connectivity index is 2.16. The van der Waals surface area contributed by atoms with Gasteiger partial charge in [-0.2, -0.15) is 0 Å². The predicted octanol–water partition coefficient (Wildman–Crippen LogP) is 1.94. The van der Waals surface area contributed by atoms with Gasteiger partial charge in [-0.05, 0) is 33.1 Å². The third kappa shape index (κ3) is 4.35. The first kappa shape index (κ1) is 13.2. The molecule has 0 aromatic carbocycles. The molecule has 0 heterocycles. The van der Waals surface area contributed by atoms with E-state index in [1.165, 1.54) is 19.3 Å². The van der Waals surface area contributed by atoms with Gasteiger partial charge >= 0.3 is 0 Å². The summed E-state index contributed by atoms with van der Waals surface area (Å²) in [5.41, 5.74) is 0. The van der Waals surface area contributed by atoms with Crippen molar-refractivity contribution in [1.29, 1.82) is 0 Å². The molecular weight excluding hydrogens is 200 g/mol. The molecule has 3 heteroatoms. The monoisotopic (exact) mass is 224 g/mol. The van der Waals surface area contributed by atoms with Crippen molar-refractivity contribution in [1.82, 2.24) is 10.2 Å². The molecule has 0 spiro atoms. The van der Waals surface area contributed by atoms with Gasteiger partial charge in [-0.3, -0.25) is 4.79 Å². The summed E-state index contributed by atoms with van der Waals surface area (Å²) in [7, 11) is 0. The van der Waals surface area contributed by atoms with E-state index in [9.17, 15) is 4.79 Å². The normalized spacial score (nSPS) is 19.8. The molecule has 1 rings (SSSR count). The Bertz CT molecular complexity index is 234. The number of rotatable bonds is 6. The molecule has 0 aromatic rings. The zero-order valence-electron chi connectivity index (χ0n) is 10.5. The Hall–Kier alpha value is -0.830. The first-order valence-corrected chi connectivity index (χ1v) is 6.45. The molecule has 16 heavy (non-hydrogen) atoms. The van der Waals surface area contributed by atoms with E-state index in [0.29, 0.717) is 12.5 Å². The topological polar surface area (TPSA) is 32.3 Å². The number of hydrogen-bond donors (Lipinski definition) is 1. The second-order valence-electron chi connectivity index (χ2n) is 4.24. The molecule has 1 aliphatic rings. The Morgan fingerprint density at radius 3 is 2.75 bits per heavy atom. The molecule has 92 valence electrons. The molecule has 0 bridgehead atoms. The van der Waals surface area contributed by atoms with Crippen molar-refractivity contribution in [3.63, 3.8) is 0 Å². The molecule has 0 saturated heterocycles. The van der Waals surface area contributed by atoms with Crippen LogP contribution in [-0.2, 0) is 4.79 Å². The van der Waals surface area contributed by atoms with Crippen LogP contribution >= 0.6 is 0 Å². The Morgan fingerprint density at radius 1 is 1.44 bits per heavy atom. The van der Waals surface area contributed by atoms with Crippen LogP contribution in [0.2, 0.25) is 0 Å². The molecule has 1 aliphatic carbocycles. The van der Waals surface area contributed by atoms with Crippen molar-refractivity contribution in [3.05, 3.63) is 12.2 Å². The summed E-state index contributed by atoms with van der Waals surface area (Å²) in [6, 6.07) is 0.484. The minimum absolute atomic E-state index is 0.261.